The molecule has 8 heteroatoms. The number of nitrogens with zero attached hydrogens (tertiary/aromatic N) is 2. The van der Waals surface area contributed by atoms with E-state index in [9.17, 15) is 14.0 Å². The number of carbonyl (C=O) groups excluding carboxylic acids is 2. The number of anilines is 2. The van der Waals surface area contributed by atoms with E-state index in [-0.39, 0.29) is 30.0 Å². The molecule has 0 radical (unpaired) electrons. The Hall–Kier alpha value is -3.13. The zero-order valence-corrected chi connectivity index (χ0v) is 18.7. The number of ether oxygens (including phenoxy) is 2. The average Bonchev–Trinajstić information content (AvgIpc) is 2.85. The summed E-state index contributed by atoms with van der Waals surface area (Å²) in [5.41, 5.74) is 0.942. The third-order valence-electron chi connectivity index (χ3n) is 6.04. The number of morpholine rings is 1. The van der Waals surface area contributed by atoms with Crippen molar-refractivity contribution in [2.75, 3.05) is 56.2 Å². The molecule has 33 heavy (non-hydrogen) atoms. The zero-order chi connectivity index (χ0) is 23.0. The number of rotatable bonds is 7. The van der Waals surface area contributed by atoms with Crippen molar-refractivity contribution in [2.24, 2.45) is 5.92 Å². The van der Waals surface area contributed by atoms with Gasteiger partial charge in [-0.3, -0.25) is 9.59 Å². The molecule has 2 aromatic carbocycles. The van der Waals surface area contributed by atoms with E-state index in [1.807, 2.05) is 35.2 Å². The minimum absolute atomic E-state index is 0.0238. The molecule has 0 aromatic heterocycles. The van der Waals surface area contributed by atoms with E-state index in [4.69, 9.17) is 9.47 Å². The molecule has 2 amide bonds. The Kier molecular flexibility index (Phi) is 7.78. The minimum Gasteiger partial charge on any atom is -0.493 e. The monoisotopic (exact) mass is 455 g/mol. The Labute approximate surface area is 193 Å². The normalized spacial score (nSPS) is 18.6. The summed E-state index contributed by atoms with van der Waals surface area (Å²) >= 11 is 0. The van der Waals surface area contributed by atoms with E-state index in [0.29, 0.717) is 63.8 Å². The lowest BCUT2D eigenvalue weighted by atomic mass is 9.96. The van der Waals surface area contributed by atoms with Gasteiger partial charge in [0.25, 0.3) is 0 Å². The van der Waals surface area contributed by atoms with E-state index < -0.39 is 0 Å². The van der Waals surface area contributed by atoms with Crippen LogP contribution in [0.25, 0.3) is 0 Å². The molecule has 176 valence electrons. The van der Waals surface area contributed by atoms with Crippen LogP contribution >= 0.6 is 0 Å². The van der Waals surface area contributed by atoms with Crippen LogP contribution in [-0.2, 0) is 14.3 Å². The molecular weight excluding hydrogens is 425 g/mol. The van der Waals surface area contributed by atoms with Crippen LogP contribution in [0.2, 0.25) is 0 Å². The van der Waals surface area contributed by atoms with Gasteiger partial charge in [0.05, 0.1) is 37.8 Å². The lowest BCUT2D eigenvalue weighted by Gasteiger charge is -2.32. The molecule has 4 rings (SSSR count). The second-order valence-electron chi connectivity index (χ2n) is 8.35. The number of carbonyl (C=O) groups is 2. The maximum absolute atomic E-state index is 14.6. The summed E-state index contributed by atoms with van der Waals surface area (Å²) in [6.45, 7) is 3.74. The molecule has 0 aliphatic carbocycles. The third-order valence-corrected chi connectivity index (χ3v) is 6.04. The Morgan fingerprint density at radius 2 is 1.88 bits per heavy atom. The van der Waals surface area contributed by atoms with Gasteiger partial charge in [-0.05, 0) is 43.2 Å². The highest BCUT2D eigenvalue weighted by atomic mass is 19.1. The lowest BCUT2D eigenvalue weighted by molar-refractivity contribution is -0.135. The van der Waals surface area contributed by atoms with Gasteiger partial charge in [0.2, 0.25) is 11.8 Å². The van der Waals surface area contributed by atoms with Gasteiger partial charge in [0, 0.05) is 31.9 Å². The summed E-state index contributed by atoms with van der Waals surface area (Å²) in [6.07, 6.45) is 1.72. The summed E-state index contributed by atoms with van der Waals surface area (Å²) in [5, 5.41) is 2.82. The van der Waals surface area contributed by atoms with Gasteiger partial charge in [-0.25, -0.2) is 4.39 Å². The molecule has 1 unspecified atom stereocenters. The fourth-order valence-corrected chi connectivity index (χ4v) is 4.24. The first-order chi connectivity index (χ1) is 16.1. The molecule has 7 nitrogen and oxygen atoms in total. The highest BCUT2D eigenvalue weighted by Gasteiger charge is 2.28. The highest BCUT2D eigenvalue weighted by molar-refractivity contribution is 5.93. The van der Waals surface area contributed by atoms with Crippen LogP contribution in [0.5, 0.6) is 5.75 Å². The molecule has 2 heterocycles. The smallest absolute Gasteiger partial charge is 0.229 e. The number of likely N-dealkylation sites (tertiary alicyclic amines) is 1. The van der Waals surface area contributed by atoms with Crippen molar-refractivity contribution < 1.29 is 23.5 Å². The summed E-state index contributed by atoms with van der Waals surface area (Å²) in [7, 11) is 0. The molecule has 2 saturated heterocycles. The summed E-state index contributed by atoms with van der Waals surface area (Å²) in [6, 6.07) is 14.1. The van der Waals surface area contributed by atoms with Gasteiger partial charge in [0.1, 0.15) is 11.6 Å². The fraction of sp³-hybridized carbons (Fsp3) is 0.440. The predicted octanol–water partition coefficient (Wildman–Crippen LogP) is 3.31. The van der Waals surface area contributed by atoms with Crippen LogP contribution < -0.4 is 15.0 Å². The zero-order valence-electron chi connectivity index (χ0n) is 18.7. The standard InChI is InChI=1S/C25H30FN3O4/c26-22-17-20(8-9-23(22)28-12-15-32-16-13-28)27-25(31)19-5-4-11-29(18-19)24(30)10-14-33-21-6-2-1-3-7-21/h1-3,6-9,17,19H,4-5,10-16,18H2,(H,27,31). The van der Waals surface area contributed by atoms with Crippen molar-refractivity contribution in [2.45, 2.75) is 19.3 Å². The van der Waals surface area contributed by atoms with Gasteiger partial charge in [-0.2, -0.15) is 0 Å². The molecule has 2 aliphatic rings. The van der Waals surface area contributed by atoms with Crippen molar-refractivity contribution >= 4 is 23.2 Å². The van der Waals surface area contributed by atoms with Gasteiger partial charge in [0.15, 0.2) is 0 Å². The van der Waals surface area contributed by atoms with Crippen LogP contribution in [0.1, 0.15) is 19.3 Å². The molecule has 0 spiro atoms. The summed E-state index contributed by atoms with van der Waals surface area (Å²) in [5.74, 6) is -0.169. The first kappa shape index (κ1) is 23.0. The molecule has 2 aromatic rings. The van der Waals surface area contributed by atoms with Crippen LogP contribution in [0, 0.1) is 11.7 Å². The first-order valence-corrected chi connectivity index (χ1v) is 11.5. The Bertz CT molecular complexity index is 950. The van der Waals surface area contributed by atoms with Crippen molar-refractivity contribution in [1.29, 1.82) is 0 Å². The van der Waals surface area contributed by atoms with Crippen LogP contribution in [-0.4, -0.2) is 62.7 Å². The van der Waals surface area contributed by atoms with Gasteiger partial charge in [-0.1, -0.05) is 18.2 Å². The Balaban J connectivity index is 1.27. The van der Waals surface area contributed by atoms with Crippen LogP contribution in [0.15, 0.2) is 48.5 Å². The van der Waals surface area contributed by atoms with Crippen LogP contribution in [0.4, 0.5) is 15.8 Å². The van der Waals surface area contributed by atoms with E-state index in [1.54, 1.807) is 17.0 Å². The molecule has 1 N–H and O–H groups in total. The number of amides is 2. The van der Waals surface area contributed by atoms with Gasteiger partial charge in [-0.15, -0.1) is 0 Å². The number of hydrogen-bond acceptors (Lipinski definition) is 5. The third kappa shape index (κ3) is 6.22. The molecular formula is C25H30FN3O4. The predicted molar refractivity (Wildman–Crippen MR) is 124 cm³/mol. The summed E-state index contributed by atoms with van der Waals surface area (Å²) in [4.78, 5) is 29.1. The molecule has 2 fully saturated rings. The number of hydrogen-bond donors (Lipinski definition) is 1. The SMILES string of the molecule is O=C(Nc1ccc(N2CCOCC2)c(F)c1)C1CCCN(C(=O)CCOc2ccccc2)C1. The quantitative estimate of drug-likeness (QED) is 0.694. The highest BCUT2D eigenvalue weighted by Crippen LogP contribution is 2.25. The Morgan fingerprint density at radius 1 is 1.09 bits per heavy atom. The maximum atomic E-state index is 14.6. The molecule has 0 saturated carbocycles. The lowest BCUT2D eigenvalue weighted by Crippen LogP contribution is -2.44. The topological polar surface area (TPSA) is 71.1 Å². The number of halogens is 1. The number of piperidine rings is 1. The van der Waals surface area contributed by atoms with Gasteiger partial charge >= 0.3 is 0 Å². The van der Waals surface area contributed by atoms with Crippen molar-refractivity contribution in [3.8, 4) is 5.75 Å². The number of para-hydroxylation sites is 1. The number of nitrogens with one attached hydrogen (secondary N) is 1. The van der Waals surface area contributed by atoms with E-state index in [0.717, 1.165) is 12.2 Å². The van der Waals surface area contributed by atoms with E-state index in [1.165, 1.54) is 6.07 Å². The molecule has 0 bridgehead atoms. The van der Waals surface area contributed by atoms with Crippen LogP contribution in [0.3, 0.4) is 0 Å². The molecule has 1 atom stereocenters. The number of benzene rings is 2. The van der Waals surface area contributed by atoms with E-state index in [2.05, 4.69) is 5.32 Å². The molecule has 2 aliphatic heterocycles. The second kappa shape index (κ2) is 11.1. The second-order valence-corrected chi connectivity index (χ2v) is 8.35. The largest absolute Gasteiger partial charge is 0.493 e. The first-order valence-electron chi connectivity index (χ1n) is 11.5. The maximum Gasteiger partial charge on any atom is 0.229 e. The van der Waals surface area contributed by atoms with Crippen molar-refractivity contribution in [3.05, 3.63) is 54.3 Å². The van der Waals surface area contributed by atoms with E-state index >= 15 is 0 Å². The van der Waals surface area contributed by atoms with Crippen molar-refractivity contribution in [3.63, 3.8) is 0 Å². The average molecular weight is 456 g/mol. The van der Waals surface area contributed by atoms with Gasteiger partial charge < -0.3 is 24.6 Å². The Morgan fingerprint density at radius 3 is 2.64 bits per heavy atom. The fourth-order valence-electron chi connectivity index (χ4n) is 4.24. The van der Waals surface area contributed by atoms with Crippen molar-refractivity contribution in [1.82, 2.24) is 4.90 Å². The minimum atomic E-state index is -0.367. The summed E-state index contributed by atoms with van der Waals surface area (Å²) < 4.78 is 25.6.